The van der Waals surface area contributed by atoms with Crippen LogP contribution in [0.15, 0.2) is 18.2 Å². The van der Waals surface area contributed by atoms with E-state index in [1.807, 2.05) is 0 Å². The number of carbonyl (C=O) groups excluding carboxylic acids is 1. The summed E-state index contributed by atoms with van der Waals surface area (Å²) < 4.78 is 43.6. The van der Waals surface area contributed by atoms with Crippen LogP contribution in [0.3, 0.4) is 0 Å². The summed E-state index contributed by atoms with van der Waals surface area (Å²) in [6.45, 7) is 0. The Morgan fingerprint density at radius 1 is 1.47 bits per heavy atom. The lowest BCUT2D eigenvalue weighted by molar-refractivity contribution is -0.274. The Balaban J connectivity index is 3.02. The number of para-hydroxylation sites is 1. The predicted molar refractivity (Wildman–Crippen MR) is 43.3 cm³/mol. The molecule has 0 fully saturated rings. The van der Waals surface area contributed by atoms with Gasteiger partial charge in [0.25, 0.3) is 0 Å². The number of hydrogen-bond acceptors (Lipinski definition) is 3. The first kappa shape index (κ1) is 11.4. The minimum Gasteiger partial charge on any atom is -0.465 e. The van der Waals surface area contributed by atoms with Crippen LogP contribution in [0.1, 0.15) is 10.4 Å². The zero-order valence-corrected chi connectivity index (χ0v) is 7.59. The summed E-state index contributed by atoms with van der Waals surface area (Å²) in [4.78, 5) is 11.0. The van der Waals surface area contributed by atoms with Crippen molar-refractivity contribution in [3.63, 3.8) is 0 Å². The molecule has 0 aromatic heterocycles. The van der Waals surface area contributed by atoms with Gasteiger partial charge in [0.05, 0.1) is 7.11 Å². The van der Waals surface area contributed by atoms with Crippen molar-refractivity contribution in [2.45, 2.75) is 6.36 Å². The number of esters is 1. The molecule has 0 spiro atoms. The van der Waals surface area contributed by atoms with Crippen LogP contribution in [0.25, 0.3) is 0 Å². The third-order valence-corrected chi connectivity index (χ3v) is 1.44. The summed E-state index contributed by atoms with van der Waals surface area (Å²) in [7, 11) is 1.06. The van der Waals surface area contributed by atoms with Gasteiger partial charge in [0, 0.05) is 6.07 Å². The van der Waals surface area contributed by atoms with Gasteiger partial charge in [-0.3, -0.25) is 0 Å². The number of alkyl halides is 3. The number of methoxy groups -OCH3 is 1. The lowest BCUT2D eigenvalue weighted by atomic mass is 10.2. The lowest BCUT2D eigenvalue weighted by Gasteiger charge is -2.11. The van der Waals surface area contributed by atoms with Crippen LogP contribution in [0.2, 0.25) is 0 Å². The van der Waals surface area contributed by atoms with Gasteiger partial charge in [-0.2, -0.15) is 0 Å². The number of ether oxygens (including phenoxy) is 2. The van der Waals surface area contributed by atoms with E-state index in [1.165, 1.54) is 12.1 Å². The van der Waals surface area contributed by atoms with Gasteiger partial charge < -0.3 is 9.47 Å². The van der Waals surface area contributed by atoms with E-state index < -0.39 is 18.1 Å². The zero-order chi connectivity index (χ0) is 11.5. The molecule has 0 saturated carbocycles. The fraction of sp³-hybridized carbons (Fsp3) is 0.222. The van der Waals surface area contributed by atoms with E-state index in [0.717, 1.165) is 13.2 Å². The fourth-order valence-electron chi connectivity index (χ4n) is 0.892. The highest BCUT2D eigenvalue weighted by molar-refractivity contribution is 5.92. The van der Waals surface area contributed by atoms with Gasteiger partial charge in [0.15, 0.2) is 5.75 Å². The van der Waals surface area contributed by atoms with Crippen molar-refractivity contribution in [2.24, 2.45) is 0 Å². The third kappa shape index (κ3) is 3.16. The molecular formula is C9H6F3O3. The van der Waals surface area contributed by atoms with E-state index in [-0.39, 0.29) is 5.56 Å². The summed E-state index contributed by atoms with van der Waals surface area (Å²) in [6, 6.07) is 5.88. The molecule has 1 aromatic carbocycles. The molecule has 0 bridgehead atoms. The lowest BCUT2D eigenvalue weighted by Crippen LogP contribution is -2.19. The van der Waals surface area contributed by atoms with E-state index in [0.29, 0.717) is 0 Å². The zero-order valence-electron chi connectivity index (χ0n) is 7.59. The standard InChI is InChI=1S/C9H6F3O3/c1-14-8(13)6-4-2-3-5-7(6)15-9(10,11)12/h2-4H,1H3. The quantitative estimate of drug-likeness (QED) is 0.715. The van der Waals surface area contributed by atoms with Crippen LogP contribution in [0.4, 0.5) is 13.2 Å². The second-order valence-electron chi connectivity index (χ2n) is 2.45. The van der Waals surface area contributed by atoms with E-state index >= 15 is 0 Å². The number of rotatable bonds is 2. The number of halogens is 3. The third-order valence-electron chi connectivity index (χ3n) is 1.44. The Bertz CT molecular complexity index is 360. The molecule has 6 heteroatoms. The second-order valence-corrected chi connectivity index (χ2v) is 2.45. The normalized spacial score (nSPS) is 10.9. The largest absolute Gasteiger partial charge is 0.573 e. The fourth-order valence-corrected chi connectivity index (χ4v) is 0.892. The molecule has 1 aromatic rings. The number of hydrogen-bond donors (Lipinski definition) is 0. The summed E-state index contributed by atoms with van der Waals surface area (Å²) in [5, 5.41) is 0. The maximum absolute atomic E-state index is 11.9. The van der Waals surface area contributed by atoms with Crippen molar-refractivity contribution < 1.29 is 27.4 Å². The smallest absolute Gasteiger partial charge is 0.465 e. The number of benzene rings is 1. The van der Waals surface area contributed by atoms with Crippen molar-refractivity contribution in [2.75, 3.05) is 7.11 Å². The van der Waals surface area contributed by atoms with Gasteiger partial charge in [-0.05, 0) is 6.07 Å². The van der Waals surface area contributed by atoms with Gasteiger partial charge in [-0.25, -0.2) is 4.79 Å². The van der Waals surface area contributed by atoms with Gasteiger partial charge in [0.1, 0.15) is 5.56 Å². The molecule has 0 heterocycles. The minimum atomic E-state index is -4.86. The predicted octanol–water partition coefficient (Wildman–Crippen LogP) is 2.17. The van der Waals surface area contributed by atoms with Crippen LogP contribution < -0.4 is 4.74 Å². The average molecular weight is 219 g/mol. The molecule has 0 saturated heterocycles. The highest BCUT2D eigenvalue weighted by Gasteiger charge is 2.33. The molecule has 0 N–H and O–H groups in total. The first-order valence-corrected chi connectivity index (χ1v) is 3.79. The van der Waals surface area contributed by atoms with Crippen LogP contribution in [0.5, 0.6) is 5.75 Å². The maximum atomic E-state index is 11.9. The molecule has 0 aliphatic rings. The SMILES string of the molecule is COC(=O)c1ccc[c]c1OC(F)(F)F. The van der Waals surface area contributed by atoms with Crippen LogP contribution in [-0.2, 0) is 4.74 Å². The Hall–Kier alpha value is -1.72. The van der Waals surface area contributed by atoms with Crippen molar-refractivity contribution in [3.05, 3.63) is 29.8 Å². The van der Waals surface area contributed by atoms with Crippen molar-refractivity contribution in [1.82, 2.24) is 0 Å². The first-order chi connectivity index (χ1) is 6.94. The topological polar surface area (TPSA) is 35.5 Å². The molecule has 0 amide bonds. The Morgan fingerprint density at radius 3 is 2.67 bits per heavy atom. The molecule has 81 valence electrons. The van der Waals surface area contributed by atoms with E-state index in [2.05, 4.69) is 15.5 Å². The average Bonchev–Trinajstić information content (AvgIpc) is 2.15. The van der Waals surface area contributed by atoms with Crippen molar-refractivity contribution in [1.29, 1.82) is 0 Å². The van der Waals surface area contributed by atoms with Gasteiger partial charge in [0.2, 0.25) is 0 Å². The summed E-state index contributed by atoms with van der Waals surface area (Å²) >= 11 is 0. The minimum absolute atomic E-state index is 0.322. The van der Waals surface area contributed by atoms with Gasteiger partial charge in [-0.1, -0.05) is 12.1 Å². The van der Waals surface area contributed by atoms with Crippen LogP contribution in [-0.4, -0.2) is 19.4 Å². The molecule has 15 heavy (non-hydrogen) atoms. The number of carbonyl (C=O) groups is 1. The van der Waals surface area contributed by atoms with E-state index in [9.17, 15) is 18.0 Å². The molecule has 1 radical (unpaired) electrons. The molecule has 0 atom stereocenters. The monoisotopic (exact) mass is 219 g/mol. The van der Waals surface area contributed by atoms with Crippen molar-refractivity contribution >= 4 is 5.97 Å². The summed E-state index contributed by atoms with van der Waals surface area (Å²) in [5.74, 6) is -1.61. The Kier molecular flexibility index (Phi) is 3.18. The Morgan fingerprint density at radius 2 is 2.13 bits per heavy atom. The molecule has 1 rings (SSSR count). The van der Waals surface area contributed by atoms with E-state index in [1.54, 1.807) is 0 Å². The molecule has 3 nitrogen and oxygen atoms in total. The van der Waals surface area contributed by atoms with Gasteiger partial charge >= 0.3 is 12.3 Å². The van der Waals surface area contributed by atoms with Gasteiger partial charge in [-0.15, -0.1) is 13.2 Å². The molecule has 0 unspecified atom stereocenters. The summed E-state index contributed by atoms with van der Waals surface area (Å²) in [5.41, 5.74) is -0.322. The highest BCUT2D eigenvalue weighted by Crippen LogP contribution is 2.25. The molecule has 0 aliphatic heterocycles. The summed E-state index contributed by atoms with van der Waals surface area (Å²) in [6.07, 6.45) is -4.86. The van der Waals surface area contributed by atoms with Crippen molar-refractivity contribution in [3.8, 4) is 5.75 Å². The van der Waals surface area contributed by atoms with Crippen LogP contribution in [0, 0.1) is 6.07 Å². The second kappa shape index (κ2) is 4.20. The first-order valence-electron chi connectivity index (χ1n) is 3.79. The Labute approximate surface area is 83.4 Å². The molecule has 0 aliphatic carbocycles. The maximum Gasteiger partial charge on any atom is 0.573 e. The van der Waals surface area contributed by atoms with Crippen LogP contribution >= 0.6 is 0 Å². The van der Waals surface area contributed by atoms with E-state index in [4.69, 9.17) is 0 Å². The highest BCUT2D eigenvalue weighted by atomic mass is 19.4. The molecular weight excluding hydrogens is 213 g/mol.